The number of aromatic hydroxyl groups is 1. The van der Waals surface area contributed by atoms with Crippen molar-refractivity contribution in [1.29, 1.82) is 0 Å². The largest absolute Gasteiger partial charge is 0.506 e. The molecule has 0 radical (unpaired) electrons. The van der Waals surface area contributed by atoms with Crippen LogP contribution in [0.1, 0.15) is 16.8 Å². The lowest BCUT2D eigenvalue weighted by Gasteiger charge is -2.09. The summed E-state index contributed by atoms with van der Waals surface area (Å²) in [4.78, 5) is 4.00. The molecule has 0 aliphatic rings. The number of nitrogens with zero attached hydrogens (tertiary/aromatic N) is 1. The molecule has 0 saturated carbocycles. The molecule has 4 nitrogen and oxygen atoms in total. The van der Waals surface area contributed by atoms with Gasteiger partial charge in [0.1, 0.15) is 5.75 Å². The number of hydrogen-bond donors (Lipinski definition) is 2. The van der Waals surface area contributed by atoms with Gasteiger partial charge in [0.05, 0.1) is 11.4 Å². The molecule has 1 heterocycles. The van der Waals surface area contributed by atoms with Gasteiger partial charge in [-0.3, -0.25) is 9.19 Å². The van der Waals surface area contributed by atoms with Crippen LogP contribution in [0.5, 0.6) is 5.75 Å². The molecule has 1 unspecified atom stereocenters. The summed E-state index contributed by atoms with van der Waals surface area (Å²) in [6, 6.07) is 0. The second-order valence-electron chi connectivity index (χ2n) is 3.12. The van der Waals surface area contributed by atoms with E-state index in [1.165, 1.54) is 0 Å². The number of aryl methyl sites for hydroxylation is 1. The zero-order chi connectivity index (χ0) is 10.7. The highest BCUT2D eigenvalue weighted by Gasteiger charge is 2.10. The first-order chi connectivity index (χ1) is 6.56. The molecule has 0 amide bonds. The average molecular weight is 214 g/mol. The molecule has 0 aliphatic heterocycles. The highest BCUT2D eigenvalue weighted by Crippen LogP contribution is 2.23. The molecule has 3 N–H and O–H groups in total. The van der Waals surface area contributed by atoms with Crippen molar-refractivity contribution in [2.24, 2.45) is 5.73 Å². The van der Waals surface area contributed by atoms with Gasteiger partial charge in [0, 0.05) is 35.4 Å². The second kappa shape index (κ2) is 4.52. The van der Waals surface area contributed by atoms with Gasteiger partial charge in [-0.25, -0.2) is 0 Å². The molecule has 1 aromatic rings. The third-order valence-corrected chi connectivity index (χ3v) is 2.71. The Morgan fingerprint density at radius 2 is 2.29 bits per heavy atom. The van der Waals surface area contributed by atoms with Crippen molar-refractivity contribution in [2.75, 3.05) is 6.26 Å². The lowest BCUT2D eigenvalue weighted by Crippen LogP contribution is -2.06. The first-order valence-electron chi connectivity index (χ1n) is 4.22. The Bertz CT molecular complexity index is 366. The first kappa shape index (κ1) is 11.1. The molecule has 5 heteroatoms. The van der Waals surface area contributed by atoms with E-state index in [1.54, 1.807) is 19.4 Å². The van der Waals surface area contributed by atoms with Crippen LogP contribution in [-0.4, -0.2) is 20.6 Å². The third kappa shape index (κ3) is 2.30. The monoisotopic (exact) mass is 214 g/mol. The number of nitrogens with two attached hydrogens (primary N) is 1. The third-order valence-electron chi connectivity index (χ3n) is 1.99. The van der Waals surface area contributed by atoms with Gasteiger partial charge < -0.3 is 10.8 Å². The molecule has 0 bridgehead atoms. The molecule has 1 rings (SSSR count). The van der Waals surface area contributed by atoms with Crippen LogP contribution in [0.3, 0.4) is 0 Å². The Kier molecular flexibility index (Phi) is 3.60. The molecule has 0 fully saturated rings. The Balaban J connectivity index is 3.17. The maximum absolute atomic E-state index is 11.0. The highest BCUT2D eigenvalue weighted by molar-refractivity contribution is 7.83. The summed E-state index contributed by atoms with van der Waals surface area (Å²) in [6.45, 7) is 1.95. The normalized spacial score (nSPS) is 12.8. The van der Waals surface area contributed by atoms with Crippen LogP contribution >= 0.6 is 0 Å². The predicted octanol–water partition coefficient (Wildman–Crippen LogP) is 0.433. The molecule has 0 aliphatic carbocycles. The Labute approximate surface area is 85.6 Å². The van der Waals surface area contributed by atoms with E-state index in [0.29, 0.717) is 17.0 Å². The van der Waals surface area contributed by atoms with Crippen LogP contribution in [-0.2, 0) is 23.1 Å². The second-order valence-corrected chi connectivity index (χ2v) is 4.55. The van der Waals surface area contributed by atoms with Crippen molar-refractivity contribution in [3.8, 4) is 5.75 Å². The van der Waals surface area contributed by atoms with Gasteiger partial charge in [-0.15, -0.1) is 0 Å². The van der Waals surface area contributed by atoms with E-state index >= 15 is 0 Å². The van der Waals surface area contributed by atoms with Gasteiger partial charge in [-0.1, -0.05) is 0 Å². The van der Waals surface area contributed by atoms with Crippen LogP contribution in [0.4, 0.5) is 0 Å². The van der Waals surface area contributed by atoms with E-state index in [2.05, 4.69) is 4.98 Å². The van der Waals surface area contributed by atoms with Crippen LogP contribution < -0.4 is 5.73 Å². The van der Waals surface area contributed by atoms with Gasteiger partial charge >= 0.3 is 0 Å². The minimum atomic E-state index is -0.950. The molecule has 0 aromatic carbocycles. The fraction of sp³-hybridized carbons (Fsp3) is 0.444. The van der Waals surface area contributed by atoms with Crippen molar-refractivity contribution in [1.82, 2.24) is 4.98 Å². The molecule has 0 saturated heterocycles. The summed E-state index contributed by atoms with van der Waals surface area (Å²) in [5, 5.41) is 9.65. The maximum atomic E-state index is 11.0. The van der Waals surface area contributed by atoms with Crippen LogP contribution in [0.15, 0.2) is 6.20 Å². The number of hydrogen-bond acceptors (Lipinski definition) is 4. The predicted molar refractivity (Wildman–Crippen MR) is 56.3 cm³/mol. The molecular formula is C9H14N2O2S. The Morgan fingerprint density at radius 1 is 1.64 bits per heavy atom. The minimum absolute atomic E-state index is 0.121. The SMILES string of the molecule is Cc1ncc(CS(C)=O)c(CN)c1O. The van der Waals surface area contributed by atoms with Gasteiger partial charge in [0.2, 0.25) is 0 Å². The van der Waals surface area contributed by atoms with Gasteiger partial charge in [-0.05, 0) is 12.5 Å². The molecule has 0 spiro atoms. The van der Waals surface area contributed by atoms with E-state index in [4.69, 9.17) is 5.73 Å². The molecular weight excluding hydrogens is 200 g/mol. The molecule has 1 aromatic heterocycles. The van der Waals surface area contributed by atoms with Gasteiger partial charge in [0.15, 0.2) is 0 Å². The van der Waals surface area contributed by atoms with E-state index in [0.717, 1.165) is 5.56 Å². The zero-order valence-electron chi connectivity index (χ0n) is 8.28. The van der Waals surface area contributed by atoms with Crippen molar-refractivity contribution in [2.45, 2.75) is 19.2 Å². The van der Waals surface area contributed by atoms with E-state index in [9.17, 15) is 9.32 Å². The molecule has 78 valence electrons. The van der Waals surface area contributed by atoms with E-state index < -0.39 is 10.8 Å². The van der Waals surface area contributed by atoms with Crippen LogP contribution in [0.25, 0.3) is 0 Å². The lowest BCUT2D eigenvalue weighted by molar-refractivity contribution is 0.459. The number of rotatable bonds is 3. The fourth-order valence-electron chi connectivity index (χ4n) is 1.26. The van der Waals surface area contributed by atoms with Crippen molar-refractivity contribution < 1.29 is 9.32 Å². The molecule has 14 heavy (non-hydrogen) atoms. The van der Waals surface area contributed by atoms with Gasteiger partial charge in [0.25, 0.3) is 0 Å². The standard InChI is InChI=1S/C9H14N2O2S/c1-6-9(12)8(3-10)7(4-11-6)5-14(2)13/h4,12H,3,5,10H2,1-2H3. The smallest absolute Gasteiger partial charge is 0.141 e. The minimum Gasteiger partial charge on any atom is -0.506 e. The van der Waals surface area contributed by atoms with Crippen LogP contribution in [0.2, 0.25) is 0 Å². The quantitative estimate of drug-likeness (QED) is 0.765. The van der Waals surface area contributed by atoms with E-state index in [-0.39, 0.29) is 12.3 Å². The molecule has 1 atom stereocenters. The average Bonchev–Trinajstić information content (AvgIpc) is 2.11. The van der Waals surface area contributed by atoms with Crippen molar-refractivity contribution >= 4 is 10.8 Å². The van der Waals surface area contributed by atoms with Gasteiger partial charge in [-0.2, -0.15) is 0 Å². The zero-order valence-corrected chi connectivity index (χ0v) is 9.10. The number of pyridine rings is 1. The summed E-state index contributed by atoms with van der Waals surface area (Å²) in [5.74, 6) is 0.503. The summed E-state index contributed by atoms with van der Waals surface area (Å²) >= 11 is 0. The summed E-state index contributed by atoms with van der Waals surface area (Å²) in [7, 11) is -0.950. The Hall–Kier alpha value is -0.940. The summed E-state index contributed by atoms with van der Waals surface area (Å²) in [5.41, 5.74) is 7.47. The number of aromatic nitrogens is 1. The maximum Gasteiger partial charge on any atom is 0.141 e. The van der Waals surface area contributed by atoms with Crippen LogP contribution in [0, 0.1) is 6.92 Å². The lowest BCUT2D eigenvalue weighted by atomic mass is 10.1. The van der Waals surface area contributed by atoms with Crippen molar-refractivity contribution in [3.05, 3.63) is 23.0 Å². The topological polar surface area (TPSA) is 76.2 Å². The summed E-state index contributed by atoms with van der Waals surface area (Å²) < 4.78 is 11.0. The van der Waals surface area contributed by atoms with E-state index in [1.807, 2.05) is 0 Å². The first-order valence-corrected chi connectivity index (χ1v) is 5.95. The summed E-state index contributed by atoms with van der Waals surface area (Å²) in [6.07, 6.45) is 3.23. The Morgan fingerprint density at radius 3 is 2.79 bits per heavy atom. The highest BCUT2D eigenvalue weighted by atomic mass is 32.2. The fourth-order valence-corrected chi connectivity index (χ4v) is 1.94. The van der Waals surface area contributed by atoms with Crippen molar-refractivity contribution in [3.63, 3.8) is 0 Å².